The fourth-order valence-electron chi connectivity index (χ4n) is 2.58. The standard InChI is InChI=1S/C23H15BrCl2N2O2/c24-20-11-16(12-21(26)22(20)30-14-15-4-2-1-3-5-15)10-17(13-27)23(29)28-19-8-6-18(25)7-9-19/h1-12H,14H2,(H,28,29)/b17-10-. The zero-order valence-electron chi connectivity index (χ0n) is 15.5. The first-order valence-corrected chi connectivity index (χ1v) is 10.4. The Hall–Kier alpha value is -2.78. The topological polar surface area (TPSA) is 62.1 Å². The van der Waals surface area contributed by atoms with Crippen LogP contribution >= 0.6 is 39.1 Å². The molecule has 1 N–H and O–H groups in total. The maximum atomic E-state index is 12.4. The SMILES string of the molecule is N#C/C(=C/c1cc(Cl)c(OCc2ccccc2)c(Br)c1)C(=O)Nc1ccc(Cl)cc1. The Labute approximate surface area is 192 Å². The summed E-state index contributed by atoms with van der Waals surface area (Å²) in [5.74, 6) is -0.0433. The van der Waals surface area contributed by atoms with Crippen molar-refractivity contribution < 1.29 is 9.53 Å². The molecule has 0 saturated heterocycles. The van der Waals surface area contributed by atoms with Gasteiger partial charge in [-0.2, -0.15) is 5.26 Å². The van der Waals surface area contributed by atoms with Crippen molar-refractivity contribution in [3.8, 4) is 11.8 Å². The van der Waals surface area contributed by atoms with Crippen LogP contribution < -0.4 is 10.1 Å². The molecule has 0 saturated carbocycles. The molecule has 1 amide bonds. The number of carbonyl (C=O) groups excluding carboxylic acids is 1. The van der Waals surface area contributed by atoms with E-state index in [2.05, 4.69) is 21.2 Å². The number of halogens is 3. The Morgan fingerprint density at radius 3 is 2.43 bits per heavy atom. The summed E-state index contributed by atoms with van der Waals surface area (Å²) in [5, 5.41) is 13.0. The number of anilines is 1. The lowest BCUT2D eigenvalue weighted by Gasteiger charge is -2.11. The highest BCUT2D eigenvalue weighted by atomic mass is 79.9. The van der Waals surface area contributed by atoms with Crippen molar-refractivity contribution in [3.05, 3.63) is 97.9 Å². The smallest absolute Gasteiger partial charge is 0.266 e. The minimum Gasteiger partial charge on any atom is -0.486 e. The van der Waals surface area contributed by atoms with Gasteiger partial charge in [-0.1, -0.05) is 53.5 Å². The van der Waals surface area contributed by atoms with Crippen molar-refractivity contribution in [1.82, 2.24) is 0 Å². The van der Waals surface area contributed by atoms with Crippen LogP contribution in [0, 0.1) is 11.3 Å². The molecule has 0 fully saturated rings. The number of hydrogen-bond donors (Lipinski definition) is 1. The van der Waals surface area contributed by atoms with E-state index in [1.165, 1.54) is 6.08 Å². The van der Waals surface area contributed by atoms with Gasteiger partial charge in [0.25, 0.3) is 5.91 Å². The molecule has 0 spiro atoms. The van der Waals surface area contributed by atoms with Crippen LogP contribution in [0.3, 0.4) is 0 Å². The molecule has 0 aliphatic heterocycles. The Kier molecular flexibility index (Phi) is 7.53. The fourth-order valence-corrected chi connectivity index (χ4v) is 3.69. The molecule has 150 valence electrons. The predicted octanol–water partition coefficient (Wildman–Crippen LogP) is 6.88. The summed E-state index contributed by atoms with van der Waals surface area (Å²) in [4.78, 5) is 12.4. The highest BCUT2D eigenvalue weighted by molar-refractivity contribution is 9.10. The highest BCUT2D eigenvalue weighted by Gasteiger charge is 2.13. The molecule has 3 rings (SSSR count). The lowest BCUT2D eigenvalue weighted by atomic mass is 10.1. The molecule has 4 nitrogen and oxygen atoms in total. The van der Waals surface area contributed by atoms with Crippen LogP contribution in [0.1, 0.15) is 11.1 Å². The van der Waals surface area contributed by atoms with Crippen molar-refractivity contribution in [2.24, 2.45) is 0 Å². The van der Waals surface area contributed by atoms with E-state index < -0.39 is 5.91 Å². The molecule has 0 aliphatic rings. The Balaban J connectivity index is 1.76. The summed E-state index contributed by atoms with van der Waals surface area (Å²) in [7, 11) is 0. The van der Waals surface area contributed by atoms with Crippen molar-refractivity contribution in [3.63, 3.8) is 0 Å². The van der Waals surface area contributed by atoms with Gasteiger partial charge in [0.2, 0.25) is 0 Å². The predicted molar refractivity (Wildman–Crippen MR) is 124 cm³/mol. The molecule has 0 atom stereocenters. The maximum Gasteiger partial charge on any atom is 0.266 e. The van der Waals surface area contributed by atoms with E-state index >= 15 is 0 Å². The number of nitrogens with one attached hydrogen (secondary N) is 1. The zero-order valence-corrected chi connectivity index (χ0v) is 18.6. The number of rotatable bonds is 6. The Morgan fingerprint density at radius 2 is 1.80 bits per heavy atom. The quantitative estimate of drug-likeness (QED) is 0.295. The normalized spacial score (nSPS) is 10.9. The number of ether oxygens (including phenoxy) is 1. The van der Waals surface area contributed by atoms with Gasteiger partial charge in [-0.15, -0.1) is 0 Å². The van der Waals surface area contributed by atoms with E-state index in [-0.39, 0.29) is 5.57 Å². The molecule has 30 heavy (non-hydrogen) atoms. The third kappa shape index (κ3) is 5.87. The second-order valence-corrected chi connectivity index (χ2v) is 7.92. The van der Waals surface area contributed by atoms with Crippen molar-refractivity contribution in [2.45, 2.75) is 6.61 Å². The van der Waals surface area contributed by atoms with Crippen LogP contribution in [0.15, 0.2) is 76.8 Å². The lowest BCUT2D eigenvalue weighted by Crippen LogP contribution is -2.13. The molecular formula is C23H15BrCl2N2O2. The lowest BCUT2D eigenvalue weighted by molar-refractivity contribution is -0.112. The molecule has 0 aromatic heterocycles. The highest BCUT2D eigenvalue weighted by Crippen LogP contribution is 2.35. The largest absolute Gasteiger partial charge is 0.486 e. The Morgan fingerprint density at radius 1 is 1.10 bits per heavy atom. The van der Waals surface area contributed by atoms with Crippen LogP contribution in [0.25, 0.3) is 6.08 Å². The number of amides is 1. The van der Waals surface area contributed by atoms with Crippen LogP contribution in [0.2, 0.25) is 10.0 Å². The average molecular weight is 502 g/mol. The molecule has 3 aromatic rings. The first-order valence-electron chi connectivity index (χ1n) is 8.81. The number of nitriles is 1. The van der Waals surface area contributed by atoms with E-state index in [0.29, 0.717) is 38.1 Å². The molecule has 7 heteroatoms. The molecule has 0 bridgehead atoms. The summed E-state index contributed by atoms with van der Waals surface area (Å²) in [6.45, 7) is 0.362. The molecule has 0 heterocycles. The first-order chi connectivity index (χ1) is 14.5. The minimum absolute atomic E-state index is 0.0640. The maximum absolute atomic E-state index is 12.4. The van der Waals surface area contributed by atoms with Crippen LogP contribution in [-0.4, -0.2) is 5.91 Å². The monoisotopic (exact) mass is 500 g/mol. The molecule has 0 radical (unpaired) electrons. The van der Waals surface area contributed by atoms with Gasteiger partial charge in [0.05, 0.1) is 9.50 Å². The summed E-state index contributed by atoms with van der Waals surface area (Å²) >= 11 is 15.7. The first kappa shape index (κ1) is 21.9. The van der Waals surface area contributed by atoms with Gasteiger partial charge in [-0.25, -0.2) is 0 Å². The fraction of sp³-hybridized carbons (Fsp3) is 0.0435. The van der Waals surface area contributed by atoms with Crippen LogP contribution in [0.4, 0.5) is 5.69 Å². The number of nitrogens with zero attached hydrogens (tertiary/aromatic N) is 1. The number of hydrogen-bond acceptors (Lipinski definition) is 3. The van der Waals surface area contributed by atoms with Crippen LogP contribution in [-0.2, 0) is 11.4 Å². The van der Waals surface area contributed by atoms with E-state index in [9.17, 15) is 10.1 Å². The number of carbonyl (C=O) groups is 1. The van der Waals surface area contributed by atoms with Gasteiger partial charge < -0.3 is 10.1 Å². The van der Waals surface area contributed by atoms with E-state index in [1.807, 2.05) is 36.4 Å². The third-order valence-electron chi connectivity index (χ3n) is 4.02. The Bertz CT molecular complexity index is 1100. The van der Waals surface area contributed by atoms with E-state index in [0.717, 1.165) is 5.56 Å². The van der Waals surface area contributed by atoms with E-state index in [1.54, 1.807) is 36.4 Å². The molecule has 0 unspecified atom stereocenters. The van der Waals surface area contributed by atoms with Gasteiger partial charge in [0.1, 0.15) is 18.2 Å². The summed E-state index contributed by atoms with van der Waals surface area (Å²) in [6.07, 6.45) is 1.46. The average Bonchev–Trinajstić information content (AvgIpc) is 2.73. The second kappa shape index (κ2) is 10.3. The van der Waals surface area contributed by atoms with Gasteiger partial charge in [0, 0.05) is 10.7 Å². The third-order valence-corrected chi connectivity index (χ3v) is 5.15. The summed E-state index contributed by atoms with van der Waals surface area (Å²) in [6, 6.07) is 21.6. The molecule has 0 aliphatic carbocycles. The van der Waals surface area contributed by atoms with E-state index in [4.69, 9.17) is 27.9 Å². The summed E-state index contributed by atoms with van der Waals surface area (Å²) in [5.41, 5.74) is 2.07. The van der Waals surface area contributed by atoms with Crippen LogP contribution in [0.5, 0.6) is 5.75 Å². The van der Waals surface area contributed by atoms with Crippen molar-refractivity contribution in [1.29, 1.82) is 5.26 Å². The van der Waals surface area contributed by atoms with Gasteiger partial charge in [0.15, 0.2) is 5.75 Å². The minimum atomic E-state index is -0.531. The van der Waals surface area contributed by atoms with Gasteiger partial charge in [-0.3, -0.25) is 4.79 Å². The number of benzene rings is 3. The summed E-state index contributed by atoms with van der Waals surface area (Å²) < 4.78 is 6.44. The van der Waals surface area contributed by atoms with Crippen molar-refractivity contribution >= 4 is 56.8 Å². The molecular weight excluding hydrogens is 487 g/mol. The van der Waals surface area contributed by atoms with Gasteiger partial charge in [-0.05, 0) is 69.5 Å². The van der Waals surface area contributed by atoms with Crippen molar-refractivity contribution in [2.75, 3.05) is 5.32 Å². The van der Waals surface area contributed by atoms with Gasteiger partial charge >= 0.3 is 0 Å². The second-order valence-electron chi connectivity index (χ2n) is 6.22. The zero-order chi connectivity index (χ0) is 21.5. The molecule has 3 aromatic carbocycles.